The largest absolute Gasteiger partial charge is 0.481 e. The maximum atomic E-state index is 13.3. The Labute approximate surface area is 160 Å². The molecule has 0 aliphatic carbocycles. The number of nitrogens with zero attached hydrogens (tertiary/aromatic N) is 4. The lowest BCUT2D eigenvalue weighted by atomic mass is 9.97. The van der Waals surface area contributed by atoms with Crippen molar-refractivity contribution in [1.29, 1.82) is 0 Å². The summed E-state index contributed by atoms with van der Waals surface area (Å²) in [6, 6.07) is 5.73. The van der Waals surface area contributed by atoms with E-state index in [0.29, 0.717) is 30.6 Å². The number of pyridine rings is 1. The van der Waals surface area contributed by atoms with Crippen molar-refractivity contribution in [2.45, 2.75) is 19.8 Å². The van der Waals surface area contributed by atoms with Crippen LogP contribution in [0.3, 0.4) is 0 Å². The van der Waals surface area contributed by atoms with Gasteiger partial charge in [-0.15, -0.1) is 11.3 Å². The van der Waals surface area contributed by atoms with Crippen molar-refractivity contribution in [3.8, 4) is 10.6 Å². The van der Waals surface area contributed by atoms with Crippen LogP contribution in [0.25, 0.3) is 21.6 Å². The number of hydrogen-bond donors (Lipinski definition) is 1. The maximum absolute atomic E-state index is 13.3. The lowest BCUT2D eigenvalue weighted by Crippen LogP contribution is -2.42. The number of aromatic nitrogens is 3. The first kappa shape index (κ1) is 17.7. The molecule has 1 saturated heterocycles. The van der Waals surface area contributed by atoms with Gasteiger partial charge in [-0.2, -0.15) is 5.10 Å². The molecule has 7 nitrogen and oxygen atoms in total. The minimum atomic E-state index is -0.843. The van der Waals surface area contributed by atoms with Crippen LogP contribution >= 0.6 is 11.3 Å². The highest BCUT2D eigenvalue weighted by molar-refractivity contribution is 7.13. The van der Waals surface area contributed by atoms with Crippen LogP contribution in [0.5, 0.6) is 0 Å². The fraction of sp³-hybridized carbons (Fsp3) is 0.368. The minimum absolute atomic E-state index is 0.151. The van der Waals surface area contributed by atoms with Crippen molar-refractivity contribution in [2.24, 2.45) is 13.0 Å². The molecule has 0 unspecified atom stereocenters. The highest BCUT2D eigenvalue weighted by Crippen LogP contribution is 2.30. The number of carboxylic acid groups (broad SMARTS) is 1. The first-order chi connectivity index (χ1) is 13.0. The minimum Gasteiger partial charge on any atom is -0.481 e. The molecule has 0 aromatic carbocycles. The smallest absolute Gasteiger partial charge is 0.308 e. The predicted molar refractivity (Wildman–Crippen MR) is 103 cm³/mol. The second-order valence-corrected chi connectivity index (χ2v) is 7.82. The zero-order valence-corrected chi connectivity index (χ0v) is 16.0. The average Bonchev–Trinajstić information content (AvgIpc) is 3.29. The Bertz CT molecular complexity index is 1030. The van der Waals surface area contributed by atoms with E-state index < -0.39 is 11.9 Å². The summed E-state index contributed by atoms with van der Waals surface area (Å²) in [6.07, 6.45) is 1.30. The molecule has 1 N–H and O–H groups in total. The van der Waals surface area contributed by atoms with E-state index in [9.17, 15) is 14.7 Å². The molecule has 0 spiro atoms. The summed E-state index contributed by atoms with van der Waals surface area (Å²) in [6.45, 7) is 2.67. The lowest BCUT2D eigenvalue weighted by molar-refractivity contribution is -0.143. The van der Waals surface area contributed by atoms with Gasteiger partial charge in [0.1, 0.15) is 0 Å². The fourth-order valence-electron chi connectivity index (χ4n) is 3.70. The Hall–Kier alpha value is -2.74. The SMILES string of the molecule is Cc1nn(C)c2nc(-c3cccs3)cc(C(=O)N3CCC[C@H](C(=O)O)C3)c12. The molecular weight excluding hydrogens is 364 g/mol. The first-order valence-corrected chi connectivity index (χ1v) is 9.74. The highest BCUT2D eigenvalue weighted by atomic mass is 32.1. The van der Waals surface area contributed by atoms with E-state index in [1.807, 2.05) is 37.6 Å². The molecule has 0 bridgehead atoms. The molecule has 3 aromatic heterocycles. The van der Waals surface area contributed by atoms with E-state index in [1.165, 1.54) is 0 Å². The molecule has 4 heterocycles. The van der Waals surface area contributed by atoms with Crippen molar-refractivity contribution in [1.82, 2.24) is 19.7 Å². The molecule has 0 radical (unpaired) electrons. The average molecular weight is 384 g/mol. The number of thiophene rings is 1. The first-order valence-electron chi connectivity index (χ1n) is 8.86. The molecular formula is C19H20N4O3S. The summed E-state index contributed by atoms with van der Waals surface area (Å²) in [4.78, 5) is 32.1. The van der Waals surface area contributed by atoms with Gasteiger partial charge in [-0.25, -0.2) is 4.98 Å². The van der Waals surface area contributed by atoms with Gasteiger partial charge < -0.3 is 10.0 Å². The molecule has 0 saturated carbocycles. The normalized spacial score (nSPS) is 17.4. The molecule has 140 valence electrons. The number of rotatable bonds is 3. The van der Waals surface area contributed by atoms with E-state index in [-0.39, 0.29) is 12.5 Å². The lowest BCUT2D eigenvalue weighted by Gasteiger charge is -2.31. The molecule has 8 heteroatoms. The van der Waals surface area contributed by atoms with E-state index >= 15 is 0 Å². The number of hydrogen-bond acceptors (Lipinski definition) is 5. The standard InChI is InChI=1S/C19H20N4O3S/c1-11-16-13(18(24)23-7-3-5-12(10-23)19(25)26)9-14(15-6-4-8-27-15)20-17(16)22(2)21-11/h4,6,8-9,12H,3,5,7,10H2,1-2H3,(H,25,26)/t12-/m0/s1. The number of carboxylic acids is 1. The van der Waals surface area contributed by atoms with Crippen LogP contribution in [0.15, 0.2) is 23.6 Å². The Morgan fingerprint density at radius 1 is 1.37 bits per heavy atom. The van der Waals surface area contributed by atoms with E-state index in [1.54, 1.807) is 20.9 Å². The quantitative estimate of drug-likeness (QED) is 0.750. The molecule has 1 aliphatic rings. The monoisotopic (exact) mass is 384 g/mol. The van der Waals surface area contributed by atoms with Gasteiger partial charge in [0.25, 0.3) is 5.91 Å². The summed E-state index contributed by atoms with van der Waals surface area (Å²) >= 11 is 1.56. The number of likely N-dealkylation sites (tertiary alicyclic amines) is 1. The summed E-state index contributed by atoms with van der Waals surface area (Å²) in [7, 11) is 1.82. The Morgan fingerprint density at radius 3 is 2.89 bits per heavy atom. The number of aryl methyl sites for hydroxylation is 2. The summed E-state index contributed by atoms with van der Waals surface area (Å²) < 4.78 is 1.69. The maximum Gasteiger partial charge on any atom is 0.308 e. The van der Waals surface area contributed by atoms with Crippen LogP contribution in [0, 0.1) is 12.8 Å². The van der Waals surface area contributed by atoms with Gasteiger partial charge in [0.15, 0.2) is 5.65 Å². The number of piperidine rings is 1. The molecule has 4 rings (SSSR count). The molecule has 3 aromatic rings. The van der Waals surface area contributed by atoms with Crippen LogP contribution in [-0.2, 0) is 11.8 Å². The van der Waals surface area contributed by atoms with E-state index in [0.717, 1.165) is 21.7 Å². The van der Waals surface area contributed by atoms with Crippen LogP contribution < -0.4 is 0 Å². The van der Waals surface area contributed by atoms with Gasteiger partial charge in [-0.05, 0) is 37.3 Å². The number of fused-ring (bicyclic) bond motifs is 1. The van der Waals surface area contributed by atoms with Crippen LogP contribution in [0.1, 0.15) is 28.9 Å². The fourth-order valence-corrected chi connectivity index (χ4v) is 4.38. The van der Waals surface area contributed by atoms with Crippen molar-refractivity contribution in [3.63, 3.8) is 0 Å². The summed E-state index contributed by atoms with van der Waals surface area (Å²) in [5.74, 6) is -1.50. The second kappa shape index (κ2) is 6.77. The molecule has 1 amide bonds. The topological polar surface area (TPSA) is 88.3 Å². The van der Waals surface area contributed by atoms with Crippen LogP contribution in [0.2, 0.25) is 0 Å². The van der Waals surface area contributed by atoms with Crippen molar-refractivity contribution in [2.75, 3.05) is 13.1 Å². The van der Waals surface area contributed by atoms with Gasteiger partial charge >= 0.3 is 5.97 Å². The number of carbonyl (C=O) groups is 2. The predicted octanol–water partition coefficient (Wildman–Crippen LogP) is 2.94. The van der Waals surface area contributed by atoms with Gasteiger partial charge in [-0.3, -0.25) is 14.3 Å². The van der Waals surface area contributed by atoms with E-state index in [4.69, 9.17) is 4.98 Å². The molecule has 27 heavy (non-hydrogen) atoms. The number of amides is 1. The van der Waals surface area contributed by atoms with E-state index in [2.05, 4.69) is 5.10 Å². The Kier molecular flexibility index (Phi) is 4.43. The van der Waals surface area contributed by atoms with Gasteiger partial charge in [-0.1, -0.05) is 6.07 Å². The zero-order chi connectivity index (χ0) is 19.1. The van der Waals surface area contributed by atoms with Gasteiger partial charge in [0, 0.05) is 20.1 Å². The summed E-state index contributed by atoms with van der Waals surface area (Å²) in [5, 5.41) is 16.5. The molecule has 1 fully saturated rings. The Morgan fingerprint density at radius 2 is 2.19 bits per heavy atom. The number of carbonyl (C=O) groups excluding carboxylic acids is 1. The van der Waals surface area contributed by atoms with Crippen LogP contribution in [-0.4, -0.2) is 49.7 Å². The van der Waals surface area contributed by atoms with Crippen LogP contribution in [0.4, 0.5) is 0 Å². The Balaban J connectivity index is 1.82. The third-order valence-corrected chi connectivity index (χ3v) is 5.92. The third kappa shape index (κ3) is 3.10. The molecule has 1 aliphatic heterocycles. The second-order valence-electron chi connectivity index (χ2n) is 6.87. The van der Waals surface area contributed by atoms with Gasteiger partial charge in [0.05, 0.1) is 33.1 Å². The van der Waals surface area contributed by atoms with Crippen molar-refractivity contribution in [3.05, 3.63) is 34.8 Å². The van der Waals surface area contributed by atoms with Gasteiger partial charge in [0.2, 0.25) is 0 Å². The summed E-state index contributed by atoms with van der Waals surface area (Å²) in [5.41, 5.74) is 2.68. The van der Waals surface area contributed by atoms with Crippen molar-refractivity contribution >= 4 is 34.2 Å². The highest BCUT2D eigenvalue weighted by Gasteiger charge is 2.30. The molecule has 1 atom stereocenters. The third-order valence-electron chi connectivity index (χ3n) is 5.03. The van der Waals surface area contributed by atoms with Crippen molar-refractivity contribution < 1.29 is 14.7 Å². The number of aliphatic carboxylic acids is 1. The zero-order valence-electron chi connectivity index (χ0n) is 15.2.